The summed E-state index contributed by atoms with van der Waals surface area (Å²) in [6.07, 6.45) is -3.20. The lowest BCUT2D eigenvalue weighted by Crippen LogP contribution is -2.23. The van der Waals surface area contributed by atoms with Gasteiger partial charge in [-0.3, -0.25) is 4.79 Å². The van der Waals surface area contributed by atoms with Crippen LogP contribution in [0.4, 0.5) is 13.2 Å². The van der Waals surface area contributed by atoms with E-state index in [2.05, 4.69) is 0 Å². The minimum atomic E-state index is -4.61. The van der Waals surface area contributed by atoms with E-state index in [0.717, 1.165) is 10.8 Å². The normalized spacial score (nSPS) is 14.3. The molecular formula is C16H12Cl2F3NO3. The van der Waals surface area contributed by atoms with Gasteiger partial charge in [0, 0.05) is 12.6 Å². The number of nitrogens with zero attached hydrogens (tertiary/aromatic N) is 1. The molecule has 2 aromatic rings. The van der Waals surface area contributed by atoms with Crippen LogP contribution < -0.4 is 15.0 Å². The molecule has 1 aromatic carbocycles. The van der Waals surface area contributed by atoms with Gasteiger partial charge in [-0.15, -0.1) is 0 Å². The molecule has 1 aliphatic rings. The summed E-state index contributed by atoms with van der Waals surface area (Å²) in [6.45, 7) is 0.746. The van der Waals surface area contributed by atoms with Crippen LogP contribution in [-0.4, -0.2) is 17.8 Å². The molecule has 0 N–H and O–H groups in total. The van der Waals surface area contributed by atoms with Gasteiger partial charge in [-0.25, -0.2) is 0 Å². The zero-order valence-electron chi connectivity index (χ0n) is 12.7. The van der Waals surface area contributed by atoms with Crippen LogP contribution in [0.25, 0.3) is 0 Å². The molecule has 0 spiro atoms. The fourth-order valence-corrected chi connectivity index (χ4v) is 2.96. The number of ether oxygens (including phenoxy) is 2. The maximum Gasteiger partial charge on any atom is 0.417 e. The first kappa shape index (κ1) is 17.9. The van der Waals surface area contributed by atoms with E-state index in [4.69, 9.17) is 32.7 Å². The lowest BCUT2D eigenvalue weighted by Gasteiger charge is -2.14. The molecule has 0 fully saturated rings. The maximum atomic E-state index is 12.9. The molecule has 134 valence electrons. The highest BCUT2D eigenvalue weighted by Gasteiger charge is 2.32. The molecule has 4 nitrogen and oxygen atoms in total. The van der Waals surface area contributed by atoms with Crippen molar-refractivity contribution in [2.75, 3.05) is 13.2 Å². The molecule has 0 bridgehead atoms. The van der Waals surface area contributed by atoms with Crippen molar-refractivity contribution >= 4 is 23.2 Å². The van der Waals surface area contributed by atoms with E-state index in [1.807, 2.05) is 0 Å². The molecule has 3 rings (SSSR count). The van der Waals surface area contributed by atoms with E-state index in [1.54, 1.807) is 6.07 Å². The minimum Gasteiger partial charge on any atom is -0.489 e. The van der Waals surface area contributed by atoms with Gasteiger partial charge in [0.05, 0.1) is 30.3 Å². The zero-order chi connectivity index (χ0) is 18.2. The quantitative estimate of drug-likeness (QED) is 0.759. The Morgan fingerprint density at radius 3 is 2.52 bits per heavy atom. The summed E-state index contributed by atoms with van der Waals surface area (Å²) in [6, 6.07) is 3.73. The third-order valence-corrected chi connectivity index (χ3v) is 4.14. The largest absolute Gasteiger partial charge is 0.489 e. The van der Waals surface area contributed by atoms with Crippen molar-refractivity contribution in [3.63, 3.8) is 0 Å². The monoisotopic (exact) mass is 393 g/mol. The zero-order valence-corrected chi connectivity index (χ0v) is 14.2. The van der Waals surface area contributed by atoms with Crippen molar-refractivity contribution in [2.24, 2.45) is 0 Å². The number of benzene rings is 1. The van der Waals surface area contributed by atoms with Crippen molar-refractivity contribution in [1.82, 2.24) is 4.57 Å². The van der Waals surface area contributed by atoms with Crippen LogP contribution in [0.5, 0.6) is 11.5 Å². The Labute approximate surface area is 150 Å². The summed E-state index contributed by atoms with van der Waals surface area (Å²) in [4.78, 5) is 12.1. The van der Waals surface area contributed by atoms with Crippen LogP contribution in [0.2, 0.25) is 10.0 Å². The number of halogens is 5. The van der Waals surface area contributed by atoms with Gasteiger partial charge in [-0.1, -0.05) is 23.2 Å². The molecule has 0 unspecified atom stereocenters. The molecular weight excluding hydrogens is 382 g/mol. The van der Waals surface area contributed by atoms with Gasteiger partial charge in [0.1, 0.15) is 5.02 Å². The summed E-state index contributed by atoms with van der Waals surface area (Å²) >= 11 is 11.8. The van der Waals surface area contributed by atoms with Crippen LogP contribution in [0.15, 0.2) is 29.2 Å². The summed E-state index contributed by atoms with van der Waals surface area (Å²) in [7, 11) is 0. The fraction of sp³-hybridized carbons (Fsp3) is 0.312. The SMILES string of the molecule is O=c1c(Cl)cc(C(F)(F)F)cn1Cc1cc(Cl)c2c(c1)OCCCO2. The van der Waals surface area contributed by atoms with Gasteiger partial charge in [0.2, 0.25) is 0 Å². The van der Waals surface area contributed by atoms with E-state index >= 15 is 0 Å². The van der Waals surface area contributed by atoms with Gasteiger partial charge in [0.15, 0.2) is 11.5 Å². The number of hydrogen-bond donors (Lipinski definition) is 0. The highest BCUT2D eigenvalue weighted by atomic mass is 35.5. The van der Waals surface area contributed by atoms with Crippen LogP contribution in [0, 0.1) is 0 Å². The van der Waals surface area contributed by atoms with Gasteiger partial charge in [0.25, 0.3) is 5.56 Å². The Morgan fingerprint density at radius 2 is 1.80 bits per heavy atom. The maximum absolute atomic E-state index is 12.9. The van der Waals surface area contributed by atoms with E-state index in [9.17, 15) is 18.0 Å². The highest BCUT2D eigenvalue weighted by molar-refractivity contribution is 6.32. The molecule has 0 saturated heterocycles. The molecule has 1 aromatic heterocycles. The molecule has 2 heterocycles. The number of pyridine rings is 1. The van der Waals surface area contributed by atoms with Crippen molar-refractivity contribution in [1.29, 1.82) is 0 Å². The van der Waals surface area contributed by atoms with Crippen LogP contribution >= 0.6 is 23.2 Å². The smallest absolute Gasteiger partial charge is 0.417 e. The molecule has 0 atom stereocenters. The summed E-state index contributed by atoms with van der Waals surface area (Å²) in [5.41, 5.74) is -1.23. The predicted octanol–water partition coefficient (Wildman–Crippen LogP) is 4.38. The second-order valence-electron chi connectivity index (χ2n) is 5.46. The Kier molecular flexibility index (Phi) is 4.88. The molecule has 1 aliphatic heterocycles. The Hall–Kier alpha value is -1.86. The van der Waals surface area contributed by atoms with Crippen LogP contribution in [0.1, 0.15) is 17.5 Å². The fourth-order valence-electron chi connectivity index (χ4n) is 2.44. The van der Waals surface area contributed by atoms with Gasteiger partial charge < -0.3 is 14.0 Å². The van der Waals surface area contributed by atoms with Crippen LogP contribution in [0.3, 0.4) is 0 Å². The lowest BCUT2D eigenvalue weighted by molar-refractivity contribution is -0.138. The van der Waals surface area contributed by atoms with Crippen LogP contribution in [-0.2, 0) is 12.7 Å². The number of fused-ring (bicyclic) bond motifs is 1. The Balaban J connectivity index is 2.00. The van der Waals surface area contributed by atoms with Gasteiger partial charge in [-0.2, -0.15) is 13.2 Å². The molecule has 0 saturated carbocycles. The second kappa shape index (κ2) is 6.80. The van der Waals surface area contributed by atoms with Crippen molar-refractivity contribution in [3.8, 4) is 11.5 Å². The third-order valence-electron chi connectivity index (χ3n) is 3.58. The predicted molar refractivity (Wildman–Crippen MR) is 86.9 cm³/mol. The second-order valence-corrected chi connectivity index (χ2v) is 6.28. The Morgan fingerprint density at radius 1 is 1.08 bits per heavy atom. The summed E-state index contributed by atoms with van der Waals surface area (Å²) < 4.78 is 50.7. The van der Waals surface area contributed by atoms with Gasteiger partial charge in [-0.05, 0) is 23.8 Å². The number of aromatic nitrogens is 1. The molecule has 0 radical (unpaired) electrons. The highest BCUT2D eigenvalue weighted by Crippen LogP contribution is 2.38. The van der Waals surface area contributed by atoms with E-state index in [0.29, 0.717) is 42.8 Å². The van der Waals surface area contributed by atoms with E-state index in [1.165, 1.54) is 6.07 Å². The minimum absolute atomic E-state index is 0.140. The first-order valence-corrected chi connectivity index (χ1v) is 8.06. The number of rotatable bonds is 2. The van der Waals surface area contributed by atoms with Crippen molar-refractivity contribution < 1.29 is 22.6 Å². The average molecular weight is 394 g/mol. The molecule has 9 heteroatoms. The van der Waals surface area contributed by atoms with E-state index in [-0.39, 0.29) is 11.6 Å². The lowest BCUT2D eigenvalue weighted by atomic mass is 10.2. The Bertz CT molecular complexity index is 865. The standard InChI is InChI=1S/C16H12Cl2F3NO3/c17-11-4-9(5-13-14(11)25-3-1-2-24-13)7-22-8-10(16(19,20)21)6-12(18)15(22)23/h4-6,8H,1-3,7H2. The third kappa shape index (κ3) is 3.88. The van der Waals surface area contributed by atoms with Crippen molar-refractivity contribution in [3.05, 3.63) is 55.9 Å². The summed E-state index contributed by atoms with van der Waals surface area (Å²) in [5.74, 6) is 0.781. The average Bonchev–Trinajstić information content (AvgIpc) is 2.76. The molecule has 0 aliphatic carbocycles. The molecule has 25 heavy (non-hydrogen) atoms. The van der Waals surface area contributed by atoms with Crippen molar-refractivity contribution in [2.45, 2.75) is 19.1 Å². The topological polar surface area (TPSA) is 40.5 Å². The first-order valence-electron chi connectivity index (χ1n) is 7.31. The van der Waals surface area contributed by atoms with Gasteiger partial charge >= 0.3 is 6.18 Å². The first-order chi connectivity index (χ1) is 11.8. The number of alkyl halides is 3. The van der Waals surface area contributed by atoms with E-state index < -0.39 is 22.3 Å². The molecule has 0 amide bonds. The summed E-state index contributed by atoms with van der Waals surface area (Å²) in [5, 5.41) is -0.240. The number of hydrogen-bond acceptors (Lipinski definition) is 3.